The third kappa shape index (κ3) is 3.00. The summed E-state index contributed by atoms with van der Waals surface area (Å²) in [6.07, 6.45) is 1.16. The van der Waals surface area contributed by atoms with Gasteiger partial charge in [0.05, 0.1) is 0 Å². The summed E-state index contributed by atoms with van der Waals surface area (Å²) in [6.45, 7) is 8.28. The van der Waals surface area contributed by atoms with E-state index in [9.17, 15) is 0 Å². The van der Waals surface area contributed by atoms with Gasteiger partial charge in [-0.1, -0.05) is 24.6 Å². The van der Waals surface area contributed by atoms with Gasteiger partial charge < -0.3 is 5.32 Å². The van der Waals surface area contributed by atoms with Gasteiger partial charge in [-0.05, 0) is 49.6 Å². The molecule has 0 radical (unpaired) electrons. The molecule has 2 heteroatoms. The highest BCUT2D eigenvalue weighted by Crippen LogP contribution is 2.20. The van der Waals surface area contributed by atoms with Crippen molar-refractivity contribution in [2.45, 2.75) is 33.7 Å². The van der Waals surface area contributed by atoms with Gasteiger partial charge in [0, 0.05) is 11.6 Å². The van der Waals surface area contributed by atoms with Crippen LogP contribution < -0.4 is 5.32 Å². The van der Waals surface area contributed by atoms with Gasteiger partial charge in [-0.25, -0.2) is 0 Å². The van der Waals surface area contributed by atoms with Crippen LogP contribution in [0.25, 0.3) is 0 Å². The van der Waals surface area contributed by atoms with Gasteiger partial charge in [-0.3, -0.25) is 0 Å². The minimum Gasteiger partial charge on any atom is -0.313 e. The third-order valence-electron chi connectivity index (χ3n) is 2.40. The summed E-state index contributed by atoms with van der Waals surface area (Å²) in [5.41, 5.74) is 3.76. The summed E-state index contributed by atoms with van der Waals surface area (Å²) in [6, 6.07) is 4.21. The number of halogens is 1. The monoisotopic (exact) mass is 211 g/mol. The van der Waals surface area contributed by atoms with Crippen LogP contribution in [0.15, 0.2) is 12.1 Å². The van der Waals surface area contributed by atoms with E-state index in [2.05, 4.69) is 32.2 Å². The van der Waals surface area contributed by atoms with E-state index in [-0.39, 0.29) is 0 Å². The lowest BCUT2D eigenvalue weighted by Crippen LogP contribution is -2.14. The molecule has 0 aliphatic heterocycles. The molecule has 0 saturated carbocycles. The highest BCUT2D eigenvalue weighted by Gasteiger charge is 2.02. The van der Waals surface area contributed by atoms with Gasteiger partial charge >= 0.3 is 0 Å². The number of benzene rings is 1. The quantitative estimate of drug-likeness (QED) is 0.753. The summed E-state index contributed by atoms with van der Waals surface area (Å²) >= 11 is 6.14. The average Bonchev–Trinajstić information content (AvgIpc) is 2.14. The molecule has 0 fully saturated rings. The summed E-state index contributed by atoms with van der Waals surface area (Å²) in [7, 11) is 0. The smallest absolute Gasteiger partial charge is 0.0453 e. The Labute approximate surface area is 91.5 Å². The normalized spacial score (nSPS) is 10.6. The molecule has 1 aromatic carbocycles. The second-order valence-electron chi connectivity index (χ2n) is 3.70. The van der Waals surface area contributed by atoms with E-state index in [0.29, 0.717) is 0 Å². The Morgan fingerprint density at radius 2 is 1.86 bits per heavy atom. The fraction of sp³-hybridized carbons (Fsp3) is 0.500. The van der Waals surface area contributed by atoms with Crippen molar-refractivity contribution in [2.24, 2.45) is 0 Å². The topological polar surface area (TPSA) is 12.0 Å². The Kier molecular flexibility index (Phi) is 4.43. The van der Waals surface area contributed by atoms with Gasteiger partial charge in [-0.2, -0.15) is 0 Å². The largest absolute Gasteiger partial charge is 0.313 e. The number of aryl methyl sites for hydroxylation is 2. The number of rotatable bonds is 4. The van der Waals surface area contributed by atoms with Gasteiger partial charge in [0.1, 0.15) is 0 Å². The van der Waals surface area contributed by atoms with Crippen LogP contribution >= 0.6 is 11.6 Å². The SMILES string of the molecule is CCCNCc1cc(C)c(C)cc1Cl. The third-order valence-corrected chi connectivity index (χ3v) is 2.76. The lowest BCUT2D eigenvalue weighted by Gasteiger charge is -2.09. The van der Waals surface area contributed by atoms with Crippen molar-refractivity contribution in [3.63, 3.8) is 0 Å². The van der Waals surface area contributed by atoms with E-state index in [1.165, 1.54) is 16.7 Å². The van der Waals surface area contributed by atoms with Crippen LogP contribution in [-0.2, 0) is 6.54 Å². The second kappa shape index (κ2) is 5.38. The van der Waals surface area contributed by atoms with Crippen LogP contribution in [0.1, 0.15) is 30.0 Å². The Hall–Kier alpha value is -0.530. The van der Waals surface area contributed by atoms with Crippen LogP contribution in [0.5, 0.6) is 0 Å². The van der Waals surface area contributed by atoms with Gasteiger partial charge in [-0.15, -0.1) is 0 Å². The van der Waals surface area contributed by atoms with E-state index in [0.717, 1.165) is 24.5 Å². The first kappa shape index (κ1) is 11.5. The summed E-state index contributed by atoms with van der Waals surface area (Å²) in [5, 5.41) is 4.23. The highest BCUT2D eigenvalue weighted by molar-refractivity contribution is 6.31. The fourth-order valence-electron chi connectivity index (χ4n) is 1.38. The molecular formula is C12H18ClN. The molecule has 1 nitrogen and oxygen atoms in total. The van der Waals surface area contributed by atoms with Gasteiger partial charge in [0.2, 0.25) is 0 Å². The summed E-state index contributed by atoms with van der Waals surface area (Å²) < 4.78 is 0. The molecule has 0 saturated heterocycles. The molecule has 0 aliphatic rings. The first-order valence-corrected chi connectivity index (χ1v) is 5.49. The van der Waals surface area contributed by atoms with Gasteiger partial charge in [0.15, 0.2) is 0 Å². The standard InChI is InChI=1S/C12H18ClN/c1-4-5-14-8-11-6-9(2)10(3)7-12(11)13/h6-7,14H,4-5,8H2,1-3H3. The number of hydrogen-bond acceptors (Lipinski definition) is 1. The molecule has 1 aromatic rings. The molecule has 78 valence electrons. The lowest BCUT2D eigenvalue weighted by atomic mass is 10.1. The first-order chi connectivity index (χ1) is 6.65. The zero-order chi connectivity index (χ0) is 10.6. The molecule has 0 aliphatic carbocycles. The van der Waals surface area contributed by atoms with Crippen LogP contribution in [-0.4, -0.2) is 6.54 Å². The Morgan fingerprint density at radius 3 is 2.50 bits per heavy atom. The van der Waals surface area contributed by atoms with Crippen molar-refractivity contribution in [3.8, 4) is 0 Å². The van der Waals surface area contributed by atoms with E-state index in [4.69, 9.17) is 11.6 Å². The van der Waals surface area contributed by atoms with E-state index < -0.39 is 0 Å². The molecule has 0 unspecified atom stereocenters. The molecule has 0 aromatic heterocycles. The van der Waals surface area contributed by atoms with E-state index in [1.807, 2.05) is 6.07 Å². The molecule has 0 amide bonds. The summed E-state index contributed by atoms with van der Waals surface area (Å²) in [4.78, 5) is 0. The maximum atomic E-state index is 6.14. The minimum atomic E-state index is 0.869. The van der Waals surface area contributed by atoms with Crippen LogP contribution in [0.2, 0.25) is 5.02 Å². The Balaban J connectivity index is 2.72. The van der Waals surface area contributed by atoms with Crippen molar-refractivity contribution in [3.05, 3.63) is 33.8 Å². The van der Waals surface area contributed by atoms with Crippen LogP contribution in [0, 0.1) is 13.8 Å². The molecule has 14 heavy (non-hydrogen) atoms. The second-order valence-corrected chi connectivity index (χ2v) is 4.11. The highest BCUT2D eigenvalue weighted by atomic mass is 35.5. The predicted molar refractivity (Wildman–Crippen MR) is 62.9 cm³/mol. The van der Waals surface area contributed by atoms with Crippen molar-refractivity contribution in [1.82, 2.24) is 5.32 Å². The number of hydrogen-bond donors (Lipinski definition) is 1. The lowest BCUT2D eigenvalue weighted by molar-refractivity contribution is 0.675. The first-order valence-electron chi connectivity index (χ1n) is 5.11. The zero-order valence-electron chi connectivity index (χ0n) is 9.15. The molecule has 0 bridgehead atoms. The molecule has 0 atom stereocenters. The van der Waals surface area contributed by atoms with Crippen LogP contribution in [0.3, 0.4) is 0 Å². The molecule has 0 spiro atoms. The van der Waals surface area contributed by atoms with Crippen molar-refractivity contribution in [1.29, 1.82) is 0 Å². The maximum Gasteiger partial charge on any atom is 0.0453 e. The fourth-order valence-corrected chi connectivity index (χ4v) is 1.66. The molecule has 1 N–H and O–H groups in total. The average molecular weight is 212 g/mol. The molecule has 0 heterocycles. The van der Waals surface area contributed by atoms with E-state index >= 15 is 0 Å². The van der Waals surface area contributed by atoms with Crippen LogP contribution in [0.4, 0.5) is 0 Å². The summed E-state index contributed by atoms with van der Waals surface area (Å²) in [5.74, 6) is 0. The van der Waals surface area contributed by atoms with Crippen molar-refractivity contribution in [2.75, 3.05) is 6.54 Å². The maximum absolute atomic E-state index is 6.14. The Bertz CT molecular complexity index is 307. The minimum absolute atomic E-state index is 0.869. The predicted octanol–water partition coefficient (Wildman–Crippen LogP) is 3.46. The zero-order valence-corrected chi connectivity index (χ0v) is 9.91. The van der Waals surface area contributed by atoms with Crippen molar-refractivity contribution < 1.29 is 0 Å². The van der Waals surface area contributed by atoms with E-state index in [1.54, 1.807) is 0 Å². The van der Waals surface area contributed by atoms with Crippen molar-refractivity contribution >= 4 is 11.6 Å². The Morgan fingerprint density at radius 1 is 1.21 bits per heavy atom. The van der Waals surface area contributed by atoms with Gasteiger partial charge in [0.25, 0.3) is 0 Å². The molecule has 1 rings (SSSR count). The molecular weight excluding hydrogens is 194 g/mol. The number of nitrogens with one attached hydrogen (secondary N) is 1.